The van der Waals surface area contributed by atoms with Gasteiger partial charge in [0.25, 0.3) is 0 Å². The first-order valence-corrected chi connectivity index (χ1v) is 9.36. The van der Waals surface area contributed by atoms with Crippen LogP contribution in [-0.2, 0) is 5.41 Å². The van der Waals surface area contributed by atoms with Gasteiger partial charge >= 0.3 is 6.03 Å². The molecule has 2 amide bonds. The molecule has 0 spiro atoms. The van der Waals surface area contributed by atoms with Crippen LogP contribution in [0.1, 0.15) is 31.2 Å². The highest BCUT2D eigenvalue weighted by Crippen LogP contribution is 2.43. The standard InChI is InChI=1S/C21H23FN2O3/c22-16-5-1-2-6-17(16)24-20(25)23-14-21(9-3-4-10-21)15-7-8-18-19(13-15)27-12-11-26-18/h1-2,5-8,13H,3-4,9-12,14H2,(H2,23,24,25). The zero-order valence-corrected chi connectivity index (χ0v) is 15.1. The number of benzene rings is 2. The molecule has 1 saturated carbocycles. The Labute approximate surface area is 157 Å². The van der Waals surface area contributed by atoms with Crippen LogP contribution in [0.2, 0.25) is 0 Å². The fourth-order valence-electron chi connectivity index (χ4n) is 3.97. The smallest absolute Gasteiger partial charge is 0.319 e. The van der Waals surface area contributed by atoms with E-state index in [4.69, 9.17) is 9.47 Å². The molecule has 6 heteroatoms. The van der Waals surface area contributed by atoms with E-state index in [1.54, 1.807) is 18.2 Å². The van der Waals surface area contributed by atoms with Crippen LogP contribution in [0.5, 0.6) is 11.5 Å². The van der Waals surface area contributed by atoms with Crippen molar-refractivity contribution in [3.8, 4) is 11.5 Å². The number of carbonyl (C=O) groups excluding carboxylic acids is 1. The number of para-hydroxylation sites is 1. The normalized spacial score (nSPS) is 17.4. The summed E-state index contributed by atoms with van der Waals surface area (Å²) >= 11 is 0. The van der Waals surface area contributed by atoms with Crippen molar-refractivity contribution in [1.29, 1.82) is 0 Å². The second-order valence-corrected chi connectivity index (χ2v) is 7.13. The molecule has 2 aromatic rings. The molecule has 0 aromatic heterocycles. The molecule has 1 aliphatic heterocycles. The number of urea groups is 1. The molecule has 0 radical (unpaired) electrons. The fourth-order valence-corrected chi connectivity index (χ4v) is 3.97. The van der Waals surface area contributed by atoms with Crippen LogP contribution < -0.4 is 20.1 Å². The fraction of sp³-hybridized carbons (Fsp3) is 0.381. The Kier molecular flexibility index (Phi) is 4.88. The molecule has 0 saturated heterocycles. The lowest BCUT2D eigenvalue weighted by molar-refractivity contribution is 0.171. The van der Waals surface area contributed by atoms with Crippen molar-refractivity contribution in [1.82, 2.24) is 5.32 Å². The topological polar surface area (TPSA) is 59.6 Å². The Balaban J connectivity index is 1.48. The number of amides is 2. The van der Waals surface area contributed by atoms with E-state index >= 15 is 0 Å². The van der Waals surface area contributed by atoms with E-state index < -0.39 is 11.8 Å². The van der Waals surface area contributed by atoms with E-state index in [0.29, 0.717) is 19.8 Å². The van der Waals surface area contributed by atoms with Gasteiger partial charge in [0.05, 0.1) is 5.69 Å². The van der Waals surface area contributed by atoms with Crippen LogP contribution in [0.25, 0.3) is 0 Å². The number of ether oxygens (including phenoxy) is 2. The molecule has 0 atom stereocenters. The number of fused-ring (bicyclic) bond motifs is 1. The first-order valence-electron chi connectivity index (χ1n) is 9.36. The van der Waals surface area contributed by atoms with Crippen LogP contribution in [-0.4, -0.2) is 25.8 Å². The Bertz CT molecular complexity index is 834. The lowest BCUT2D eigenvalue weighted by Gasteiger charge is -2.31. The molecule has 4 rings (SSSR count). The van der Waals surface area contributed by atoms with Gasteiger partial charge in [-0.1, -0.05) is 31.0 Å². The average molecular weight is 370 g/mol. The van der Waals surface area contributed by atoms with Crippen molar-refractivity contribution in [3.63, 3.8) is 0 Å². The molecule has 0 unspecified atom stereocenters. The van der Waals surface area contributed by atoms with Gasteiger partial charge in [-0.15, -0.1) is 0 Å². The van der Waals surface area contributed by atoms with Crippen molar-refractivity contribution in [2.45, 2.75) is 31.1 Å². The quantitative estimate of drug-likeness (QED) is 0.847. The van der Waals surface area contributed by atoms with Gasteiger partial charge in [0, 0.05) is 12.0 Å². The minimum absolute atomic E-state index is 0.136. The van der Waals surface area contributed by atoms with Crippen LogP contribution >= 0.6 is 0 Å². The Morgan fingerprint density at radius 2 is 1.78 bits per heavy atom. The van der Waals surface area contributed by atoms with Crippen molar-refractivity contribution < 1.29 is 18.7 Å². The van der Waals surface area contributed by atoms with Crippen molar-refractivity contribution >= 4 is 11.7 Å². The maximum Gasteiger partial charge on any atom is 0.319 e. The summed E-state index contributed by atoms with van der Waals surface area (Å²) in [5.41, 5.74) is 1.19. The molecule has 1 heterocycles. The summed E-state index contributed by atoms with van der Waals surface area (Å²) in [5.74, 6) is 1.08. The predicted octanol–water partition coefficient (Wildman–Crippen LogP) is 4.23. The second-order valence-electron chi connectivity index (χ2n) is 7.13. The highest BCUT2D eigenvalue weighted by Gasteiger charge is 2.36. The summed E-state index contributed by atoms with van der Waals surface area (Å²) in [6.45, 7) is 1.61. The average Bonchev–Trinajstić information content (AvgIpc) is 3.18. The molecule has 0 bridgehead atoms. The predicted molar refractivity (Wildman–Crippen MR) is 101 cm³/mol. The number of nitrogens with one attached hydrogen (secondary N) is 2. The Hall–Kier alpha value is -2.76. The summed E-state index contributed by atoms with van der Waals surface area (Å²) in [7, 11) is 0. The number of hydrogen-bond donors (Lipinski definition) is 2. The number of halogens is 1. The van der Waals surface area contributed by atoms with Crippen LogP contribution in [0.3, 0.4) is 0 Å². The molecule has 5 nitrogen and oxygen atoms in total. The van der Waals surface area contributed by atoms with E-state index in [1.807, 2.05) is 12.1 Å². The van der Waals surface area contributed by atoms with Gasteiger partial charge in [-0.05, 0) is 42.7 Å². The molecule has 142 valence electrons. The lowest BCUT2D eigenvalue weighted by atomic mass is 9.78. The first kappa shape index (κ1) is 17.6. The second kappa shape index (κ2) is 7.47. The Morgan fingerprint density at radius 1 is 1.04 bits per heavy atom. The minimum Gasteiger partial charge on any atom is -0.486 e. The first-order chi connectivity index (χ1) is 13.2. The lowest BCUT2D eigenvalue weighted by Crippen LogP contribution is -2.41. The van der Waals surface area contributed by atoms with E-state index in [9.17, 15) is 9.18 Å². The molecule has 2 aromatic carbocycles. The van der Waals surface area contributed by atoms with Crippen molar-refractivity contribution in [2.75, 3.05) is 25.1 Å². The monoisotopic (exact) mass is 370 g/mol. The molecule has 1 aliphatic carbocycles. The Morgan fingerprint density at radius 3 is 2.56 bits per heavy atom. The molecule has 2 aliphatic rings. The van der Waals surface area contributed by atoms with Crippen LogP contribution in [0, 0.1) is 5.82 Å². The molecular weight excluding hydrogens is 347 g/mol. The minimum atomic E-state index is -0.449. The van der Waals surface area contributed by atoms with Gasteiger partial charge < -0.3 is 20.1 Å². The number of hydrogen-bond acceptors (Lipinski definition) is 3. The zero-order valence-electron chi connectivity index (χ0n) is 15.1. The number of anilines is 1. The molecule has 2 N–H and O–H groups in total. The highest BCUT2D eigenvalue weighted by atomic mass is 19.1. The number of carbonyl (C=O) groups is 1. The van der Waals surface area contributed by atoms with Gasteiger partial charge in [0.15, 0.2) is 11.5 Å². The maximum atomic E-state index is 13.7. The van der Waals surface area contributed by atoms with E-state index in [1.165, 1.54) is 6.07 Å². The van der Waals surface area contributed by atoms with Crippen molar-refractivity contribution in [3.05, 3.63) is 53.8 Å². The summed E-state index contributed by atoms with van der Waals surface area (Å²) in [6.07, 6.45) is 4.22. The van der Waals surface area contributed by atoms with Gasteiger partial charge in [0.2, 0.25) is 0 Å². The highest BCUT2D eigenvalue weighted by molar-refractivity contribution is 5.89. The van der Waals surface area contributed by atoms with Gasteiger partial charge in [-0.25, -0.2) is 9.18 Å². The SMILES string of the molecule is O=C(NCC1(c2ccc3c(c2)OCCO3)CCCC1)Nc1ccccc1F. The van der Waals surface area contributed by atoms with E-state index in [0.717, 1.165) is 42.7 Å². The summed E-state index contributed by atoms with van der Waals surface area (Å²) < 4.78 is 25.1. The summed E-state index contributed by atoms with van der Waals surface area (Å²) in [4.78, 5) is 12.3. The summed E-state index contributed by atoms with van der Waals surface area (Å²) in [6, 6.07) is 11.8. The molecule has 1 fully saturated rings. The summed E-state index contributed by atoms with van der Waals surface area (Å²) in [5, 5.41) is 5.51. The van der Waals surface area contributed by atoms with Crippen LogP contribution in [0.4, 0.5) is 14.9 Å². The third-order valence-electron chi connectivity index (χ3n) is 5.42. The van der Waals surface area contributed by atoms with Gasteiger partial charge in [-0.2, -0.15) is 0 Å². The van der Waals surface area contributed by atoms with E-state index in [-0.39, 0.29) is 11.1 Å². The van der Waals surface area contributed by atoms with Gasteiger partial charge in [0.1, 0.15) is 19.0 Å². The third kappa shape index (κ3) is 3.70. The number of rotatable bonds is 4. The molecule has 27 heavy (non-hydrogen) atoms. The van der Waals surface area contributed by atoms with Gasteiger partial charge in [-0.3, -0.25) is 0 Å². The maximum absolute atomic E-state index is 13.7. The zero-order chi connectivity index (χ0) is 18.7. The van der Waals surface area contributed by atoms with Crippen molar-refractivity contribution in [2.24, 2.45) is 0 Å². The van der Waals surface area contributed by atoms with E-state index in [2.05, 4.69) is 16.7 Å². The third-order valence-corrected chi connectivity index (χ3v) is 5.42. The molecular formula is C21H23FN2O3. The largest absolute Gasteiger partial charge is 0.486 e. The van der Waals surface area contributed by atoms with Crippen LogP contribution in [0.15, 0.2) is 42.5 Å².